The van der Waals surface area contributed by atoms with Crippen molar-refractivity contribution in [3.63, 3.8) is 0 Å². The molecule has 1 heterocycles. The molecule has 334 valence electrons. The van der Waals surface area contributed by atoms with Gasteiger partial charge in [0.15, 0.2) is 36.3 Å². The van der Waals surface area contributed by atoms with Crippen molar-refractivity contribution in [2.45, 2.75) is 154 Å². The number of ketones is 1. The number of hydrogen-bond acceptors (Lipinski definition) is 16. The lowest BCUT2D eigenvalue weighted by atomic mass is 9.41. The van der Waals surface area contributed by atoms with Gasteiger partial charge in [0.2, 0.25) is 5.60 Å². The number of carbonyl (C=O) groups excluding carboxylic acids is 7. The Morgan fingerprint density at radius 1 is 0.967 bits per heavy atom. The highest BCUT2D eigenvalue weighted by Gasteiger charge is 2.82. The Labute approximate surface area is 354 Å². The third-order valence-corrected chi connectivity index (χ3v) is 13.1. The van der Waals surface area contributed by atoms with Gasteiger partial charge in [0.05, 0.1) is 29.0 Å². The SMILES string of the molecule is CC(=O)O[C@H]1C(=O)[C@@]2(C)C([C@H](OC(=O)c3ccccc3)[C@]34OC(=O)O[C@H]3[C@H](OC(=O)[C@H](O)[C@H](CC(C)C)NC(=O)OC(C)(C)C)C=C1C4(C)C)[C@]1(OC(C)=O)CC[C@@H]1C[C@H]2O. The van der Waals surface area contributed by atoms with Crippen LogP contribution in [0.4, 0.5) is 9.59 Å². The maximum Gasteiger partial charge on any atom is 0.509 e. The standard InChI is InChI=1S/C44H57NO16/c1-21(2)18-27(45-38(53)60-40(5,6)7)30(49)37(52)56-28-20-26-31(55-22(3)46)33(50)42(10)29(48)19-25-16-17-43(25,59-23(4)47)32(42)35(57-36(51)24-14-12-11-13-15-24)44(41(26,8)9)34(28)58-39(54)61-44/h11-15,20-21,25,27-32,34-35,48-49H,16-19H2,1-10H3,(H,45,53)/t25-,27+,28-,29-,30-,31-,32?,34+,35+,42-,43+,44-/m1/s1. The summed E-state index contributed by atoms with van der Waals surface area (Å²) in [5, 5.41) is 26.2. The number of aliphatic hydroxyl groups is 2. The predicted molar refractivity (Wildman–Crippen MR) is 210 cm³/mol. The maximum absolute atomic E-state index is 15.5. The zero-order valence-corrected chi connectivity index (χ0v) is 36.2. The van der Waals surface area contributed by atoms with Gasteiger partial charge >= 0.3 is 36.1 Å². The largest absolute Gasteiger partial charge is 0.509 e. The Bertz CT molecular complexity index is 1990. The van der Waals surface area contributed by atoms with Gasteiger partial charge in [-0.25, -0.2) is 19.2 Å². The fraction of sp³-hybridized carbons (Fsp3) is 0.659. The molecule has 12 atom stereocenters. The molecule has 1 saturated heterocycles. The third kappa shape index (κ3) is 7.76. The molecule has 2 bridgehead atoms. The smallest absolute Gasteiger partial charge is 0.458 e. The van der Waals surface area contributed by atoms with E-state index in [1.54, 1.807) is 66.7 Å². The van der Waals surface area contributed by atoms with Gasteiger partial charge in [-0.1, -0.05) is 45.9 Å². The van der Waals surface area contributed by atoms with Crippen LogP contribution in [0.5, 0.6) is 0 Å². The van der Waals surface area contributed by atoms with Gasteiger partial charge in [-0.3, -0.25) is 14.4 Å². The second-order valence-electron chi connectivity index (χ2n) is 19.0. The van der Waals surface area contributed by atoms with Crippen molar-refractivity contribution >= 4 is 41.9 Å². The molecular weight excluding hydrogens is 798 g/mol. The van der Waals surface area contributed by atoms with Gasteiger partial charge in [0, 0.05) is 25.2 Å². The summed E-state index contributed by atoms with van der Waals surface area (Å²) in [6.07, 6.45) is -10.9. The van der Waals surface area contributed by atoms with Gasteiger partial charge in [0.1, 0.15) is 11.2 Å². The molecule has 61 heavy (non-hydrogen) atoms. The van der Waals surface area contributed by atoms with Gasteiger partial charge in [-0.05, 0) is 83.1 Å². The molecule has 0 aromatic heterocycles. The first-order chi connectivity index (χ1) is 28.3. The minimum atomic E-state index is -2.30. The molecule has 1 aromatic carbocycles. The number of rotatable bonds is 10. The third-order valence-electron chi connectivity index (χ3n) is 13.1. The maximum atomic E-state index is 15.5. The number of carbonyl (C=O) groups is 7. The number of hydrogen-bond donors (Lipinski definition) is 3. The van der Waals surface area contributed by atoms with E-state index in [-0.39, 0.29) is 36.3 Å². The average Bonchev–Trinajstić information content (AvgIpc) is 3.52. The van der Waals surface area contributed by atoms with E-state index in [1.807, 2.05) is 0 Å². The van der Waals surface area contributed by atoms with E-state index in [2.05, 4.69) is 5.32 Å². The molecule has 3 N–H and O–H groups in total. The van der Waals surface area contributed by atoms with E-state index >= 15 is 4.79 Å². The van der Waals surface area contributed by atoms with Crippen LogP contribution >= 0.6 is 0 Å². The van der Waals surface area contributed by atoms with Crippen LogP contribution in [-0.2, 0) is 52.3 Å². The number of fused-ring (bicyclic) bond motifs is 4. The number of aliphatic hydroxyl groups excluding tert-OH is 2. The van der Waals surface area contributed by atoms with Crippen molar-refractivity contribution in [3.05, 3.63) is 47.5 Å². The molecule has 0 radical (unpaired) electrons. The minimum absolute atomic E-state index is 0.0275. The van der Waals surface area contributed by atoms with E-state index < -0.39 is 124 Å². The van der Waals surface area contributed by atoms with Crippen LogP contribution in [-0.4, -0.2) is 112 Å². The summed E-state index contributed by atoms with van der Waals surface area (Å²) in [6, 6.07) is 6.57. The minimum Gasteiger partial charge on any atom is -0.458 e. The van der Waals surface area contributed by atoms with Gasteiger partial charge < -0.3 is 48.7 Å². The Balaban J connectivity index is 1.58. The molecular formula is C44H57NO16. The molecule has 1 amide bonds. The van der Waals surface area contributed by atoms with Crippen molar-refractivity contribution in [1.29, 1.82) is 0 Å². The first kappa shape index (κ1) is 45.5. The number of benzene rings is 1. The van der Waals surface area contributed by atoms with Crippen molar-refractivity contribution < 1.29 is 76.9 Å². The quantitative estimate of drug-likeness (QED) is 0.169. The summed E-state index contributed by atoms with van der Waals surface area (Å²) in [5.74, 6) is -6.97. The highest BCUT2D eigenvalue weighted by Crippen LogP contribution is 2.68. The zero-order chi connectivity index (χ0) is 45.2. The highest BCUT2D eigenvalue weighted by molar-refractivity contribution is 5.95. The van der Waals surface area contributed by atoms with E-state index in [9.17, 15) is 39.0 Å². The molecule has 4 fully saturated rings. The number of nitrogens with one attached hydrogen (secondary N) is 1. The number of Topliss-reactive ketones (excluding diaryl/α,β-unsaturated/α-hetero) is 1. The zero-order valence-electron chi connectivity index (χ0n) is 36.2. The Hall–Kier alpha value is -5.03. The van der Waals surface area contributed by atoms with Gasteiger partial charge in [0.25, 0.3) is 0 Å². The van der Waals surface area contributed by atoms with Crippen molar-refractivity contribution in [1.82, 2.24) is 5.32 Å². The van der Waals surface area contributed by atoms with Crippen molar-refractivity contribution in [2.24, 2.45) is 28.6 Å². The second-order valence-corrected chi connectivity index (χ2v) is 19.0. The molecule has 1 spiro atoms. The lowest BCUT2D eigenvalue weighted by Gasteiger charge is -2.67. The predicted octanol–water partition coefficient (Wildman–Crippen LogP) is 4.28. The van der Waals surface area contributed by atoms with Gasteiger partial charge in [-0.2, -0.15) is 0 Å². The molecule has 1 unspecified atom stereocenters. The Morgan fingerprint density at radius 3 is 2.18 bits per heavy atom. The second kappa shape index (κ2) is 16.0. The number of alkyl carbamates (subject to hydrolysis) is 1. The van der Waals surface area contributed by atoms with Crippen LogP contribution < -0.4 is 5.32 Å². The molecule has 3 saturated carbocycles. The molecule has 5 aliphatic rings. The number of ether oxygens (including phenoxy) is 7. The van der Waals surface area contributed by atoms with Crippen LogP contribution in [0, 0.1) is 28.6 Å². The lowest BCUT2D eigenvalue weighted by Crippen LogP contribution is -2.80. The van der Waals surface area contributed by atoms with Crippen LogP contribution in [0.15, 0.2) is 42.0 Å². The summed E-state index contributed by atoms with van der Waals surface area (Å²) in [6.45, 7) is 15.3. The topological polar surface area (TPSA) is 237 Å². The summed E-state index contributed by atoms with van der Waals surface area (Å²) < 4.78 is 42.1. The van der Waals surface area contributed by atoms with Crippen LogP contribution in [0.3, 0.4) is 0 Å². The highest BCUT2D eigenvalue weighted by atomic mass is 16.8. The van der Waals surface area contributed by atoms with Crippen LogP contribution in [0.25, 0.3) is 0 Å². The fourth-order valence-electron chi connectivity index (χ4n) is 10.4. The summed E-state index contributed by atoms with van der Waals surface area (Å²) in [4.78, 5) is 96.8. The monoisotopic (exact) mass is 855 g/mol. The van der Waals surface area contributed by atoms with E-state index in [4.69, 9.17) is 33.2 Å². The first-order valence-electron chi connectivity index (χ1n) is 20.6. The lowest BCUT2D eigenvalue weighted by molar-refractivity contribution is -0.295. The fourth-order valence-corrected chi connectivity index (χ4v) is 10.4. The average molecular weight is 856 g/mol. The molecule has 1 aliphatic heterocycles. The molecule has 17 nitrogen and oxygen atoms in total. The van der Waals surface area contributed by atoms with Crippen LogP contribution in [0.2, 0.25) is 0 Å². The van der Waals surface area contributed by atoms with E-state index in [0.717, 1.165) is 6.92 Å². The Morgan fingerprint density at radius 2 is 1.62 bits per heavy atom. The van der Waals surface area contributed by atoms with E-state index in [0.29, 0.717) is 6.42 Å². The van der Waals surface area contributed by atoms with Crippen molar-refractivity contribution in [2.75, 3.05) is 0 Å². The normalized spacial score (nSPS) is 34.4. The summed E-state index contributed by atoms with van der Waals surface area (Å²) >= 11 is 0. The first-order valence-corrected chi connectivity index (χ1v) is 20.6. The van der Waals surface area contributed by atoms with Crippen molar-refractivity contribution in [3.8, 4) is 0 Å². The Kier molecular flexibility index (Phi) is 11.9. The van der Waals surface area contributed by atoms with E-state index in [1.165, 1.54) is 32.1 Å². The molecule has 17 heteroatoms. The summed E-state index contributed by atoms with van der Waals surface area (Å²) in [5.41, 5.74) is -8.57. The molecule has 4 aliphatic carbocycles. The number of esters is 4. The number of amides is 1. The van der Waals surface area contributed by atoms with Gasteiger partial charge in [-0.15, -0.1) is 0 Å². The molecule has 6 rings (SSSR count). The molecule has 1 aromatic rings. The van der Waals surface area contributed by atoms with Crippen LogP contribution in [0.1, 0.15) is 105 Å². The summed E-state index contributed by atoms with van der Waals surface area (Å²) in [7, 11) is 0.